The van der Waals surface area contributed by atoms with E-state index in [4.69, 9.17) is 86.3 Å². The number of hydrogen-bond acceptors (Lipinski definition) is 6. The molecule has 0 atom stereocenters. The first-order valence-corrected chi connectivity index (χ1v) is 14.8. The molecule has 0 fully saturated rings. The summed E-state index contributed by atoms with van der Waals surface area (Å²) in [6, 6.07) is 23.2. The van der Waals surface area contributed by atoms with E-state index in [0.29, 0.717) is 45.4 Å². The fourth-order valence-electron chi connectivity index (χ4n) is 5.62. The molecule has 0 saturated heterocycles. The largest absolute Gasteiger partial charge is 2.00 e. The number of hydrogen-bond donors (Lipinski definition) is 0. The molecule has 2 aliphatic rings. The maximum absolute atomic E-state index is 6.78. The summed E-state index contributed by atoms with van der Waals surface area (Å²) in [4.78, 5) is 38.9. The molecule has 2 aliphatic heterocycles. The van der Waals surface area contributed by atoms with E-state index in [1.165, 1.54) is 0 Å². The predicted octanol–water partition coefficient (Wildman–Crippen LogP) is 8.74. The quantitative estimate of drug-likeness (QED) is 0.0873. The van der Waals surface area contributed by atoms with E-state index in [9.17, 15) is 0 Å². The summed E-state index contributed by atoms with van der Waals surface area (Å²) in [5, 5.41) is 3.71. The van der Waals surface area contributed by atoms with Crippen LogP contribution in [0.15, 0.2) is 72.8 Å². The van der Waals surface area contributed by atoms with Crippen LogP contribution in [-0.2, 0) is 17.1 Å². The standard InChI is InChI=1S/C32H12Cl4N8.Cu/c33-21-19-20(22(34)24(36)23(21)35)32-43-30-18-12-6-4-10-16(18)28(41-30)39-26-14-8-2-1-7-13(14)25(37-26)38-27-15-9-3-5-11-17(15)29(40-27)42-31(19)44-32;/h1-12H;/q-2;+2. The Morgan fingerprint density at radius 2 is 0.711 bits per heavy atom. The number of halogens is 4. The van der Waals surface area contributed by atoms with Crippen LogP contribution in [0.4, 0.5) is 0 Å². The molecule has 3 aromatic heterocycles. The van der Waals surface area contributed by atoms with Crippen molar-refractivity contribution < 1.29 is 17.1 Å². The van der Waals surface area contributed by atoms with Crippen LogP contribution in [0.5, 0.6) is 0 Å². The minimum absolute atomic E-state index is 0. The van der Waals surface area contributed by atoms with Crippen molar-refractivity contribution in [3.63, 3.8) is 0 Å². The summed E-state index contributed by atoms with van der Waals surface area (Å²) in [6.07, 6.45) is 0. The first-order chi connectivity index (χ1) is 21.5. The van der Waals surface area contributed by atoms with Crippen LogP contribution in [0.25, 0.3) is 89.7 Å². The molecular weight excluding hydrogens is 702 g/mol. The Labute approximate surface area is 284 Å². The number of nitrogens with zero attached hydrogens (tertiary/aromatic N) is 8. The van der Waals surface area contributed by atoms with Crippen molar-refractivity contribution in [2.45, 2.75) is 0 Å². The van der Waals surface area contributed by atoms with Gasteiger partial charge in [-0.15, -0.1) is 0 Å². The fraction of sp³-hybridized carbons (Fsp3) is 0. The van der Waals surface area contributed by atoms with Gasteiger partial charge in [0.1, 0.15) is 0 Å². The SMILES string of the molecule is Clc1c(Cl)c(Cl)c2c(c1Cl)-c1nc3nc(nc4[n-]c(nc5[n-]c(nc-2n1)c1ccccc51)c1ccccc41)-c1ccccc1-3.[Cu+2]. The predicted molar refractivity (Wildman–Crippen MR) is 174 cm³/mol. The Hall–Kier alpha value is -4.08. The smallest absolute Gasteiger partial charge is 0.357 e. The number of benzene rings is 4. The first kappa shape index (κ1) is 28.4. The number of aromatic nitrogens is 8. The van der Waals surface area contributed by atoms with Crippen molar-refractivity contribution in [1.29, 1.82) is 0 Å². The molecule has 0 amide bonds. The molecule has 4 aromatic carbocycles. The van der Waals surface area contributed by atoms with Crippen molar-refractivity contribution in [2.24, 2.45) is 0 Å². The van der Waals surface area contributed by atoms with Crippen LogP contribution in [0.1, 0.15) is 0 Å². The summed E-state index contributed by atoms with van der Waals surface area (Å²) in [7, 11) is 0. The van der Waals surface area contributed by atoms with Crippen LogP contribution in [0.3, 0.4) is 0 Å². The molecule has 9 rings (SSSR count). The molecule has 1 radical (unpaired) electrons. The third-order valence-corrected chi connectivity index (χ3v) is 9.44. The zero-order valence-electron chi connectivity index (χ0n) is 22.3. The Kier molecular flexibility index (Phi) is 6.62. The molecule has 8 nitrogen and oxygen atoms in total. The van der Waals surface area contributed by atoms with Gasteiger partial charge in [0.05, 0.1) is 37.3 Å². The molecule has 0 spiro atoms. The normalized spacial score (nSPS) is 11.8. The van der Waals surface area contributed by atoms with Crippen LogP contribution in [0.2, 0.25) is 20.1 Å². The maximum atomic E-state index is 6.78. The summed E-state index contributed by atoms with van der Waals surface area (Å²) >= 11 is 26.6. The molecule has 13 heteroatoms. The third kappa shape index (κ3) is 4.20. The second-order valence-corrected chi connectivity index (χ2v) is 11.6. The van der Waals surface area contributed by atoms with Gasteiger partial charge in [0.15, 0.2) is 11.6 Å². The average Bonchev–Trinajstić information content (AvgIpc) is 3.78. The minimum atomic E-state index is 0. The van der Waals surface area contributed by atoms with Crippen LogP contribution in [-0.4, -0.2) is 29.9 Å². The molecule has 0 aliphatic carbocycles. The van der Waals surface area contributed by atoms with Crippen LogP contribution >= 0.6 is 46.4 Å². The minimum Gasteiger partial charge on any atom is -0.357 e. The van der Waals surface area contributed by atoms with Gasteiger partial charge in [-0.1, -0.05) is 119 Å². The van der Waals surface area contributed by atoms with Crippen molar-refractivity contribution in [3.05, 3.63) is 92.9 Å². The van der Waals surface area contributed by atoms with Crippen molar-refractivity contribution in [1.82, 2.24) is 39.9 Å². The molecule has 219 valence electrons. The molecular formula is C32H12Cl4CuN8. The third-order valence-electron chi connectivity index (χ3n) is 7.64. The summed E-state index contributed by atoms with van der Waals surface area (Å²) < 4.78 is 0. The monoisotopic (exact) mass is 711 g/mol. The van der Waals surface area contributed by atoms with Gasteiger partial charge in [-0.25, -0.2) is 15.0 Å². The van der Waals surface area contributed by atoms with Crippen LogP contribution < -0.4 is 9.97 Å². The Balaban J connectivity index is 0.00000300. The fourth-order valence-corrected chi connectivity index (χ4v) is 6.64. The van der Waals surface area contributed by atoms with E-state index in [1.807, 2.05) is 72.8 Å². The van der Waals surface area contributed by atoms with Gasteiger partial charge in [0.25, 0.3) is 0 Å². The van der Waals surface area contributed by atoms with Gasteiger partial charge >= 0.3 is 17.1 Å². The van der Waals surface area contributed by atoms with E-state index in [1.54, 1.807) is 0 Å². The molecule has 7 aromatic rings. The van der Waals surface area contributed by atoms with Gasteiger partial charge < -0.3 is 24.9 Å². The summed E-state index contributed by atoms with van der Waals surface area (Å²) in [5.41, 5.74) is 4.15. The van der Waals surface area contributed by atoms with E-state index in [0.717, 1.165) is 32.7 Å². The molecule has 0 saturated carbocycles. The summed E-state index contributed by atoms with van der Waals surface area (Å²) in [5.74, 6) is 1.29. The Morgan fingerprint density at radius 3 is 1.20 bits per heavy atom. The van der Waals surface area contributed by atoms with Crippen LogP contribution in [0, 0.1) is 0 Å². The van der Waals surface area contributed by atoms with Crippen molar-refractivity contribution in [2.75, 3.05) is 0 Å². The number of rotatable bonds is 0. The van der Waals surface area contributed by atoms with E-state index in [2.05, 4.69) is 0 Å². The second-order valence-electron chi connectivity index (χ2n) is 10.1. The Morgan fingerprint density at radius 1 is 0.378 bits per heavy atom. The maximum Gasteiger partial charge on any atom is 2.00 e. The second kappa shape index (κ2) is 10.5. The molecule has 0 unspecified atom stereocenters. The van der Waals surface area contributed by atoms with Crippen molar-refractivity contribution >= 4 is 90.5 Å². The number of fused-ring (bicyclic) bond motifs is 20. The topological polar surface area (TPSA) is 106 Å². The van der Waals surface area contributed by atoms with E-state index in [-0.39, 0.29) is 48.8 Å². The van der Waals surface area contributed by atoms with Gasteiger partial charge in [0, 0.05) is 39.3 Å². The van der Waals surface area contributed by atoms with Gasteiger partial charge in [0.2, 0.25) is 0 Å². The van der Waals surface area contributed by atoms with Gasteiger partial charge in [-0.3, -0.25) is 0 Å². The average molecular weight is 714 g/mol. The van der Waals surface area contributed by atoms with Gasteiger partial charge in [-0.05, 0) is 21.5 Å². The zero-order valence-corrected chi connectivity index (χ0v) is 26.3. The molecule has 5 heterocycles. The molecule has 45 heavy (non-hydrogen) atoms. The van der Waals surface area contributed by atoms with E-state index >= 15 is 0 Å². The van der Waals surface area contributed by atoms with Crippen molar-refractivity contribution in [3.8, 4) is 45.6 Å². The zero-order chi connectivity index (χ0) is 29.7. The molecule has 0 N–H and O–H groups in total. The first-order valence-electron chi connectivity index (χ1n) is 13.3. The molecule has 8 bridgehead atoms. The summed E-state index contributed by atoms with van der Waals surface area (Å²) in [6.45, 7) is 0. The Bertz CT molecular complexity index is 2580. The van der Waals surface area contributed by atoms with Gasteiger partial charge in [-0.2, -0.15) is 0 Å². The van der Waals surface area contributed by atoms with E-state index < -0.39 is 0 Å².